The molecule has 0 aliphatic rings. The number of hydrogen-bond acceptors (Lipinski definition) is 3. The van der Waals surface area contributed by atoms with Gasteiger partial charge in [-0.15, -0.1) is 0 Å². The van der Waals surface area contributed by atoms with Gasteiger partial charge < -0.3 is 15.5 Å². The Morgan fingerprint density at radius 1 is 1.00 bits per heavy atom. The highest BCUT2D eigenvalue weighted by Crippen LogP contribution is 2.12. The molecule has 0 spiro atoms. The molecular weight excluding hydrogens is 302 g/mol. The molecule has 5 heteroatoms. The van der Waals surface area contributed by atoms with Gasteiger partial charge in [0.15, 0.2) is 0 Å². The van der Waals surface area contributed by atoms with Crippen LogP contribution in [0.15, 0.2) is 54.6 Å². The average molecular weight is 325 g/mol. The highest BCUT2D eigenvalue weighted by Gasteiger charge is 2.09. The van der Waals surface area contributed by atoms with Gasteiger partial charge in [-0.05, 0) is 36.8 Å². The summed E-state index contributed by atoms with van der Waals surface area (Å²) in [5.74, 6) is -0.185. The zero-order valence-electron chi connectivity index (χ0n) is 14.2. The van der Waals surface area contributed by atoms with Crippen molar-refractivity contribution in [2.45, 2.75) is 13.0 Å². The standard InChI is InChI=1S/C19H23N3O2/c1-14(15-7-5-4-6-8-15)20-13-18(23)21-17-11-9-16(10-12-17)19(24)22(2)3/h4-12,14,20H,13H2,1-3H3,(H,21,23)/t14-/m1/s1. The number of carbonyl (C=O) groups is 2. The van der Waals surface area contributed by atoms with Crippen LogP contribution in [-0.2, 0) is 4.79 Å². The maximum Gasteiger partial charge on any atom is 0.253 e. The van der Waals surface area contributed by atoms with Crippen LogP contribution in [-0.4, -0.2) is 37.4 Å². The zero-order chi connectivity index (χ0) is 17.5. The van der Waals surface area contributed by atoms with Gasteiger partial charge in [0, 0.05) is 31.4 Å². The van der Waals surface area contributed by atoms with Gasteiger partial charge >= 0.3 is 0 Å². The number of rotatable bonds is 6. The fourth-order valence-electron chi connectivity index (χ4n) is 2.26. The van der Waals surface area contributed by atoms with E-state index in [9.17, 15) is 9.59 Å². The molecule has 0 aromatic heterocycles. The third kappa shape index (κ3) is 4.93. The third-order valence-corrected chi connectivity index (χ3v) is 3.69. The van der Waals surface area contributed by atoms with Crippen molar-refractivity contribution in [2.24, 2.45) is 0 Å². The molecule has 5 nitrogen and oxygen atoms in total. The first-order valence-corrected chi connectivity index (χ1v) is 7.87. The third-order valence-electron chi connectivity index (χ3n) is 3.69. The summed E-state index contributed by atoms with van der Waals surface area (Å²) in [6.45, 7) is 2.23. The lowest BCUT2D eigenvalue weighted by Crippen LogP contribution is -2.30. The number of carbonyl (C=O) groups excluding carboxylic acids is 2. The van der Waals surface area contributed by atoms with Gasteiger partial charge in [0.05, 0.1) is 6.54 Å². The van der Waals surface area contributed by atoms with E-state index >= 15 is 0 Å². The highest BCUT2D eigenvalue weighted by atomic mass is 16.2. The molecule has 1 atom stereocenters. The predicted octanol–water partition coefficient (Wildman–Crippen LogP) is 2.68. The Bertz CT molecular complexity index is 682. The first kappa shape index (κ1) is 17.7. The van der Waals surface area contributed by atoms with Gasteiger partial charge in [-0.2, -0.15) is 0 Å². The molecule has 0 saturated heterocycles. The monoisotopic (exact) mass is 325 g/mol. The van der Waals surface area contributed by atoms with Crippen LogP contribution in [0.25, 0.3) is 0 Å². The Balaban J connectivity index is 1.85. The molecule has 0 fully saturated rings. The summed E-state index contributed by atoms with van der Waals surface area (Å²) in [4.78, 5) is 25.4. The van der Waals surface area contributed by atoms with Crippen molar-refractivity contribution in [3.05, 3.63) is 65.7 Å². The van der Waals surface area contributed by atoms with Crippen LogP contribution in [0.1, 0.15) is 28.9 Å². The average Bonchev–Trinajstić information content (AvgIpc) is 2.60. The molecule has 0 aliphatic heterocycles. The minimum absolute atomic E-state index is 0.0637. The fraction of sp³-hybridized carbons (Fsp3) is 0.263. The topological polar surface area (TPSA) is 61.4 Å². The second kappa shape index (κ2) is 8.26. The van der Waals surface area contributed by atoms with E-state index in [1.807, 2.05) is 37.3 Å². The number of nitrogens with zero attached hydrogens (tertiary/aromatic N) is 1. The number of benzene rings is 2. The molecule has 2 N–H and O–H groups in total. The van der Waals surface area contributed by atoms with E-state index in [4.69, 9.17) is 0 Å². The molecule has 2 amide bonds. The van der Waals surface area contributed by atoms with Gasteiger partial charge in [0.2, 0.25) is 5.91 Å². The summed E-state index contributed by atoms with van der Waals surface area (Å²) in [6, 6.07) is 16.9. The summed E-state index contributed by atoms with van der Waals surface area (Å²) in [5, 5.41) is 6.01. The molecule has 0 saturated carbocycles. The lowest BCUT2D eigenvalue weighted by molar-refractivity contribution is -0.115. The van der Waals surface area contributed by atoms with E-state index in [1.54, 1.807) is 38.4 Å². The largest absolute Gasteiger partial charge is 0.345 e. The fourth-order valence-corrected chi connectivity index (χ4v) is 2.26. The van der Waals surface area contributed by atoms with Crippen LogP contribution in [0, 0.1) is 0 Å². The lowest BCUT2D eigenvalue weighted by atomic mass is 10.1. The molecule has 2 aromatic rings. The Labute approximate surface area is 142 Å². The number of hydrogen-bond donors (Lipinski definition) is 2. The molecule has 0 radical (unpaired) electrons. The normalized spacial score (nSPS) is 11.6. The highest BCUT2D eigenvalue weighted by molar-refractivity contribution is 5.96. The quantitative estimate of drug-likeness (QED) is 0.858. The van der Waals surface area contributed by atoms with Crippen molar-refractivity contribution in [2.75, 3.05) is 26.0 Å². The van der Waals surface area contributed by atoms with Crippen LogP contribution in [0.2, 0.25) is 0 Å². The van der Waals surface area contributed by atoms with E-state index < -0.39 is 0 Å². The number of nitrogens with one attached hydrogen (secondary N) is 2. The van der Waals surface area contributed by atoms with Gasteiger partial charge in [-0.3, -0.25) is 9.59 Å². The SMILES string of the molecule is C[C@@H](NCC(=O)Nc1ccc(C(=O)N(C)C)cc1)c1ccccc1. The summed E-state index contributed by atoms with van der Waals surface area (Å²) in [6.07, 6.45) is 0. The second-order valence-corrected chi connectivity index (χ2v) is 5.84. The van der Waals surface area contributed by atoms with Gasteiger partial charge in [-0.1, -0.05) is 30.3 Å². The molecule has 0 aliphatic carbocycles. The summed E-state index contributed by atoms with van der Waals surface area (Å²) in [7, 11) is 3.41. The molecule has 0 heterocycles. The van der Waals surface area contributed by atoms with Crippen molar-refractivity contribution in [3.63, 3.8) is 0 Å². The van der Waals surface area contributed by atoms with Gasteiger partial charge in [-0.25, -0.2) is 0 Å². The van der Waals surface area contributed by atoms with Crippen LogP contribution in [0.5, 0.6) is 0 Å². The van der Waals surface area contributed by atoms with Crippen molar-refractivity contribution in [3.8, 4) is 0 Å². The maximum atomic E-state index is 12.0. The minimum atomic E-state index is -0.121. The molecule has 0 unspecified atom stereocenters. The van der Waals surface area contributed by atoms with E-state index in [0.717, 1.165) is 5.56 Å². The maximum absolute atomic E-state index is 12.0. The Hall–Kier alpha value is -2.66. The molecular formula is C19H23N3O2. The van der Waals surface area contributed by atoms with Crippen LogP contribution >= 0.6 is 0 Å². The zero-order valence-corrected chi connectivity index (χ0v) is 14.2. The van der Waals surface area contributed by atoms with Crippen molar-refractivity contribution in [1.82, 2.24) is 10.2 Å². The van der Waals surface area contributed by atoms with E-state index in [1.165, 1.54) is 4.90 Å². The van der Waals surface area contributed by atoms with Crippen molar-refractivity contribution in [1.29, 1.82) is 0 Å². The van der Waals surface area contributed by atoms with Gasteiger partial charge in [0.25, 0.3) is 5.91 Å². The van der Waals surface area contributed by atoms with E-state index in [2.05, 4.69) is 10.6 Å². The van der Waals surface area contributed by atoms with E-state index in [0.29, 0.717) is 11.3 Å². The molecule has 0 bridgehead atoms. The second-order valence-electron chi connectivity index (χ2n) is 5.84. The predicted molar refractivity (Wildman–Crippen MR) is 95.9 cm³/mol. The lowest BCUT2D eigenvalue weighted by Gasteiger charge is -2.14. The Morgan fingerprint density at radius 2 is 1.62 bits per heavy atom. The molecule has 126 valence electrons. The first-order chi connectivity index (χ1) is 11.5. The summed E-state index contributed by atoms with van der Waals surface area (Å²) < 4.78 is 0. The first-order valence-electron chi connectivity index (χ1n) is 7.87. The smallest absolute Gasteiger partial charge is 0.253 e. The number of anilines is 1. The summed E-state index contributed by atoms with van der Waals surface area (Å²) >= 11 is 0. The minimum Gasteiger partial charge on any atom is -0.345 e. The van der Waals surface area contributed by atoms with Crippen molar-refractivity contribution < 1.29 is 9.59 Å². The molecule has 2 aromatic carbocycles. The van der Waals surface area contributed by atoms with E-state index in [-0.39, 0.29) is 24.4 Å². The van der Waals surface area contributed by atoms with Crippen molar-refractivity contribution >= 4 is 17.5 Å². The summed E-state index contributed by atoms with van der Waals surface area (Å²) in [5.41, 5.74) is 2.40. The molecule has 2 rings (SSSR count). The van der Waals surface area contributed by atoms with Gasteiger partial charge in [0.1, 0.15) is 0 Å². The van der Waals surface area contributed by atoms with Crippen LogP contribution in [0.3, 0.4) is 0 Å². The Morgan fingerprint density at radius 3 is 2.21 bits per heavy atom. The van der Waals surface area contributed by atoms with Crippen LogP contribution in [0.4, 0.5) is 5.69 Å². The Kier molecular flexibility index (Phi) is 6.09. The molecule has 24 heavy (non-hydrogen) atoms. The number of amides is 2. The van der Waals surface area contributed by atoms with Crippen LogP contribution < -0.4 is 10.6 Å².